The maximum absolute atomic E-state index is 13.9. The molecule has 5 rings (SSSR count). The Bertz CT molecular complexity index is 805. The van der Waals surface area contributed by atoms with Crippen LogP contribution in [0.4, 0.5) is 9.18 Å². The first kappa shape index (κ1) is 22.0. The molecule has 1 aliphatic carbocycles. The molecule has 1 N–H and O–H groups in total. The Balaban J connectivity index is 1.14. The molecule has 1 amide bonds. The fraction of sp³-hybridized carbons (Fsp3) is 0.720. The third kappa shape index (κ3) is 4.74. The van der Waals surface area contributed by atoms with Crippen molar-refractivity contribution in [2.24, 2.45) is 0 Å². The minimum Gasteiger partial charge on any atom is -0.492 e. The van der Waals surface area contributed by atoms with E-state index in [1.54, 1.807) is 12.1 Å². The summed E-state index contributed by atoms with van der Waals surface area (Å²) in [6.07, 6.45) is 9.18. The second-order valence-electron chi connectivity index (χ2n) is 9.99. The van der Waals surface area contributed by atoms with Crippen LogP contribution in [0.3, 0.4) is 0 Å². The monoisotopic (exact) mass is 446 g/mol. The molecule has 3 heterocycles. The summed E-state index contributed by atoms with van der Waals surface area (Å²) in [5, 5.41) is 3.11. The number of likely N-dealkylation sites (tertiary alicyclic amines) is 1. The van der Waals surface area contributed by atoms with E-state index >= 15 is 0 Å². The average molecular weight is 447 g/mol. The lowest BCUT2D eigenvalue weighted by Gasteiger charge is -2.42. The van der Waals surface area contributed by atoms with Gasteiger partial charge in [0.2, 0.25) is 0 Å². The third-order valence-electron chi connectivity index (χ3n) is 7.93. The molecule has 3 atom stereocenters. The SMILES string of the molecule is O=C(NC1CCCCC(N2CCC3(CC2)COc2ccc(F)cc23)C1)OCC1CCCO1. The van der Waals surface area contributed by atoms with E-state index < -0.39 is 0 Å². The molecule has 7 heteroatoms. The summed E-state index contributed by atoms with van der Waals surface area (Å²) in [7, 11) is 0. The number of hydrogen-bond donors (Lipinski definition) is 1. The van der Waals surface area contributed by atoms with Crippen molar-refractivity contribution in [2.45, 2.75) is 81.4 Å². The molecule has 3 fully saturated rings. The van der Waals surface area contributed by atoms with E-state index in [1.807, 2.05) is 0 Å². The molecule has 0 radical (unpaired) electrons. The Morgan fingerprint density at radius 3 is 2.84 bits per heavy atom. The highest BCUT2D eigenvalue weighted by molar-refractivity contribution is 5.67. The van der Waals surface area contributed by atoms with Crippen molar-refractivity contribution in [2.75, 3.05) is 32.9 Å². The van der Waals surface area contributed by atoms with Crippen molar-refractivity contribution in [3.8, 4) is 5.75 Å². The summed E-state index contributed by atoms with van der Waals surface area (Å²) in [5.74, 6) is 0.667. The summed E-state index contributed by atoms with van der Waals surface area (Å²) < 4.78 is 30.8. The van der Waals surface area contributed by atoms with Gasteiger partial charge in [0.25, 0.3) is 0 Å². The van der Waals surface area contributed by atoms with E-state index in [1.165, 1.54) is 12.5 Å². The largest absolute Gasteiger partial charge is 0.492 e. The zero-order valence-corrected chi connectivity index (χ0v) is 18.8. The number of rotatable bonds is 4. The van der Waals surface area contributed by atoms with Crippen LogP contribution in [0.15, 0.2) is 18.2 Å². The smallest absolute Gasteiger partial charge is 0.407 e. The van der Waals surface area contributed by atoms with Crippen molar-refractivity contribution in [3.63, 3.8) is 0 Å². The van der Waals surface area contributed by atoms with Gasteiger partial charge in [-0.25, -0.2) is 9.18 Å². The molecule has 1 aromatic rings. The standard InChI is InChI=1S/C25H35FN2O4/c26-18-7-8-23-22(14-18)25(17-32-23)9-11-28(12-10-25)20-5-2-1-4-19(15-20)27-24(29)31-16-21-6-3-13-30-21/h7-8,14,19-21H,1-6,9-13,15-17H2,(H,27,29). The van der Waals surface area contributed by atoms with Gasteiger partial charge in [-0.2, -0.15) is 0 Å². The third-order valence-corrected chi connectivity index (χ3v) is 7.93. The molecule has 6 nitrogen and oxygen atoms in total. The summed E-state index contributed by atoms with van der Waals surface area (Å²) in [5.41, 5.74) is 0.995. The van der Waals surface area contributed by atoms with Crippen molar-refractivity contribution in [1.29, 1.82) is 0 Å². The number of halogens is 1. The molecule has 1 saturated carbocycles. The number of carbonyl (C=O) groups excluding carboxylic acids is 1. The Kier molecular flexibility index (Phi) is 6.56. The molecule has 3 unspecified atom stereocenters. The van der Waals surface area contributed by atoms with Crippen LogP contribution in [0.2, 0.25) is 0 Å². The number of nitrogens with zero attached hydrogens (tertiary/aromatic N) is 1. The minimum atomic E-state index is -0.314. The lowest BCUT2D eigenvalue weighted by atomic mass is 9.74. The summed E-state index contributed by atoms with van der Waals surface area (Å²) in [6.45, 7) is 3.75. The molecule has 3 aliphatic heterocycles. The molecule has 1 spiro atoms. The number of ether oxygens (including phenoxy) is 3. The number of nitrogens with one attached hydrogen (secondary N) is 1. The first-order chi connectivity index (χ1) is 15.6. The Morgan fingerprint density at radius 2 is 2.03 bits per heavy atom. The highest BCUT2D eigenvalue weighted by Gasteiger charge is 2.44. The zero-order chi connectivity index (χ0) is 22.0. The van der Waals surface area contributed by atoms with Gasteiger partial charge < -0.3 is 24.4 Å². The van der Waals surface area contributed by atoms with E-state index in [9.17, 15) is 9.18 Å². The van der Waals surface area contributed by atoms with Crippen molar-refractivity contribution in [1.82, 2.24) is 10.2 Å². The van der Waals surface area contributed by atoms with Gasteiger partial charge in [-0.05, 0) is 76.2 Å². The first-order valence-corrected chi connectivity index (χ1v) is 12.3. The topological polar surface area (TPSA) is 60.0 Å². The number of hydrogen-bond acceptors (Lipinski definition) is 5. The van der Waals surface area contributed by atoms with Crippen LogP contribution in [0, 0.1) is 5.82 Å². The van der Waals surface area contributed by atoms with Gasteiger partial charge in [0, 0.05) is 29.7 Å². The number of piperidine rings is 1. The van der Waals surface area contributed by atoms with Crippen LogP contribution in [0.1, 0.15) is 63.4 Å². The van der Waals surface area contributed by atoms with Crippen LogP contribution >= 0.6 is 0 Å². The average Bonchev–Trinajstić information content (AvgIpc) is 3.37. The fourth-order valence-corrected chi connectivity index (χ4v) is 6.02. The first-order valence-electron chi connectivity index (χ1n) is 12.3. The normalized spacial score (nSPS) is 29.8. The van der Waals surface area contributed by atoms with E-state index in [-0.39, 0.29) is 29.5 Å². The predicted molar refractivity (Wildman–Crippen MR) is 118 cm³/mol. The molecule has 1 aromatic carbocycles. The highest BCUT2D eigenvalue weighted by Crippen LogP contribution is 2.46. The molecule has 0 aromatic heterocycles. The van der Waals surface area contributed by atoms with Gasteiger partial charge in [0.05, 0.1) is 12.7 Å². The zero-order valence-electron chi connectivity index (χ0n) is 18.8. The van der Waals surface area contributed by atoms with Gasteiger partial charge in [0.1, 0.15) is 18.2 Å². The van der Waals surface area contributed by atoms with E-state index in [4.69, 9.17) is 14.2 Å². The highest BCUT2D eigenvalue weighted by atomic mass is 19.1. The van der Waals surface area contributed by atoms with Crippen molar-refractivity contribution in [3.05, 3.63) is 29.6 Å². The number of alkyl carbamates (subject to hydrolysis) is 1. The fourth-order valence-electron chi connectivity index (χ4n) is 6.02. The lowest BCUT2D eigenvalue weighted by molar-refractivity contribution is 0.0419. The molecule has 2 saturated heterocycles. The van der Waals surface area contributed by atoms with E-state index in [0.717, 1.165) is 82.4 Å². The second-order valence-corrected chi connectivity index (χ2v) is 9.99. The van der Waals surface area contributed by atoms with E-state index in [2.05, 4.69) is 10.2 Å². The Hall–Kier alpha value is -1.86. The van der Waals surface area contributed by atoms with Gasteiger partial charge in [-0.15, -0.1) is 0 Å². The van der Waals surface area contributed by atoms with Crippen LogP contribution < -0.4 is 10.1 Å². The molecular weight excluding hydrogens is 411 g/mol. The maximum atomic E-state index is 13.9. The number of amides is 1. The predicted octanol–water partition coefficient (Wildman–Crippen LogP) is 4.16. The van der Waals surface area contributed by atoms with Crippen molar-refractivity contribution >= 4 is 6.09 Å². The molecular formula is C25H35FN2O4. The van der Waals surface area contributed by atoms with Gasteiger partial charge in [0.15, 0.2) is 0 Å². The van der Waals surface area contributed by atoms with Crippen LogP contribution in [0.5, 0.6) is 5.75 Å². The Labute approximate surface area is 189 Å². The van der Waals surface area contributed by atoms with Crippen molar-refractivity contribution < 1.29 is 23.4 Å². The summed E-state index contributed by atoms with van der Waals surface area (Å²) in [4.78, 5) is 14.9. The van der Waals surface area contributed by atoms with E-state index in [0.29, 0.717) is 19.3 Å². The summed E-state index contributed by atoms with van der Waals surface area (Å²) in [6, 6.07) is 5.54. The van der Waals surface area contributed by atoms with Gasteiger partial charge >= 0.3 is 6.09 Å². The van der Waals surface area contributed by atoms with Crippen LogP contribution in [-0.4, -0.2) is 62.1 Å². The maximum Gasteiger partial charge on any atom is 0.407 e. The number of carbonyl (C=O) groups is 1. The number of fused-ring (bicyclic) bond motifs is 2. The molecule has 32 heavy (non-hydrogen) atoms. The minimum absolute atomic E-state index is 0.0531. The van der Waals surface area contributed by atoms with Crippen LogP contribution in [-0.2, 0) is 14.9 Å². The quantitative estimate of drug-likeness (QED) is 0.704. The Morgan fingerprint density at radius 1 is 1.19 bits per heavy atom. The molecule has 176 valence electrons. The molecule has 4 aliphatic rings. The lowest BCUT2D eigenvalue weighted by Crippen LogP contribution is -2.49. The second kappa shape index (κ2) is 9.56. The van der Waals surface area contributed by atoms with Crippen LogP contribution in [0.25, 0.3) is 0 Å². The molecule has 0 bridgehead atoms. The van der Waals surface area contributed by atoms with Gasteiger partial charge in [-0.1, -0.05) is 12.8 Å². The number of benzene rings is 1. The van der Waals surface area contributed by atoms with Gasteiger partial charge in [-0.3, -0.25) is 0 Å². The summed E-state index contributed by atoms with van der Waals surface area (Å²) >= 11 is 0.